The molecule has 0 spiro atoms. The maximum atomic E-state index is 5.46. The fourth-order valence-electron chi connectivity index (χ4n) is 2.38. The maximum Gasteiger partial charge on any atom is 0.0471 e. The van der Waals surface area contributed by atoms with Crippen molar-refractivity contribution in [1.82, 2.24) is 10.2 Å². The van der Waals surface area contributed by atoms with Crippen LogP contribution in [0.5, 0.6) is 0 Å². The molecule has 98 valence electrons. The highest BCUT2D eigenvalue weighted by Crippen LogP contribution is 2.34. The molecule has 16 heavy (non-hydrogen) atoms. The molecule has 1 N–H and O–H groups in total. The summed E-state index contributed by atoms with van der Waals surface area (Å²) in [5.41, 5.74) is 0.515. The van der Waals surface area contributed by atoms with Gasteiger partial charge in [-0.15, -0.1) is 12.4 Å². The van der Waals surface area contributed by atoms with Crippen LogP contribution in [0.3, 0.4) is 0 Å². The number of ether oxygens (including phenoxy) is 1. The molecule has 0 bridgehead atoms. The molecular formula is C12H27ClN2O. The highest BCUT2D eigenvalue weighted by Gasteiger charge is 2.31. The normalized spacial score (nSPS) is 19.5. The molecule has 0 aromatic heterocycles. The van der Waals surface area contributed by atoms with Crippen LogP contribution in [0.4, 0.5) is 0 Å². The van der Waals surface area contributed by atoms with Gasteiger partial charge < -0.3 is 15.0 Å². The van der Waals surface area contributed by atoms with Gasteiger partial charge in [-0.05, 0) is 38.8 Å². The standard InChI is InChI=1S/C12H26N2O.ClH/c1-4-12(5-9-15-10-6-12)11-14(3)8-7-13-2;/h13H,4-11H2,1-3H3;1H. The van der Waals surface area contributed by atoms with Crippen LogP contribution in [0.1, 0.15) is 26.2 Å². The molecule has 0 radical (unpaired) electrons. The molecule has 0 aromatic rings. The van der Waals surface area contributed by atoms with Crippen LogP contribution >= 0.6 is 12.4 Å². The monoisotopic (exact) mass is 250 g/mol. The smallest absolute Gasteiger partial charge is 0.0471 e. The van der Waals surface area contributed by atoms with E-state index in [1.54, 1.807) is 0 Å². The second-order valence-electron chi connectivity index (χ2n) is 4.81. The molecule has 0 aliphatic carbocycles. The van der Waals surface area contributed by atoms with Gasteiger partial charge in [-0.25, -0.2) is 0 Å². The summed E-state index contributed by atoms with van der Waals surface area (Å²) in [6, 6.07) is 0. The molecule has 1 aliphatic rings. The van der Waals surface area contributed by atoms with E-state index in [1.807, 2.05) is 7.05 Å². The van der Waals surface area contributed by atoms with Gasteiger partial charge in [-0.2, -0.15) is 0 Å². The van der Waals surface area contributed by atoms with Gasteiger partial charge in [-0.3, -0.25) is 0 Å². The zero-order chi connectivity index (χ0) is 11.1. The average molecular weight is 251 g/mol. The molecule has 0 saturated carbocycles. The first-order valence-corrected chi connectivity index (χ1v) is 6.13. The van der Waals surface area contributed by atoms with Crippen molar-refractivity contribution in [3.63, 3.8) is 0 Å². The van der Waals surface area contributed by atoms with Crippen molar-refractivity contribution < 1.29 is 4.74 Å². The van der Waals surface area contributed by atoms with Crippen LogP contribution in [0.15, 0.2) is 0 Å². The van der Waals surface area contributed by atoms with E-state index in [0.717, 1.165) is 26.3 Å². The summed E-state index contributed by atoms with van der Waals surface area (Å²) >= 11 is 0. The number of hydrogen-bond donors (Lipinski definition) is 1. The molecule has 0 aromatic carbocycles. The van der Waals surface area contributed by atoms with Gasteiger partial charge in [-0.1, -0.05) is 6.92 Å². The zero-order valence-electron chi connectivity index (χ0n) is 10.9. The molecule has 1 saturated heterocycles. The SMILES string of the molecule is CCC1(CN(C)CCNC)CCOCC1.Cl. The number of nitrogens with zero attached hydrogens (tertiary/aromatic N) is 1. The Bertz CT molecular complexity index is 172. The minimum Gasteiger partial charge on any atom is -0.381 e. The first-order valence-electron chi connectivity index (χ1n) is 6.13. The van der Waals surface area contributed by atoms with E-state index in [2.05, 4.69) is 24.2 Å². The first kappa shape index (κ1) is 16.2. The molecule has 1 rings (SSSR count). The summed E-state index contributed by atoms with van der Waals surface area (Å²) in [5.74, 6) is 0. The van der Waals surface area contributed by atoms with E-state index in [0.29, 0.717) is 5.41 Å². The number of nitrogens with one attached hydrogen (secondary N) is 1. The van der Waals surface area contributed by atoms with E-state index in [4.69, 9.17) is 4.74 Å². The van der Waals surface area contributed by atoms with E-state index >= 15 is 0 Å². The van der Waals surface area contributed by atoms with Crippen LogP contribution in [-0.2, 0) is 4.74 Å². The van der Waals surface area contributed by atoms with Crippen LogP contribution in [0.2, 0.25) is 0 Å². The third kappa shape index (κ3) is 5.00. The summed E-state index contributed by atoms with van der Waals surface area (Å²) in [7, 11) is 4.24. The predicted molar refractivity (Wildman–Crippen MR) is 71.4 cm³/mol. The van der Waals surface area contributed by atoms with Crippen LogP contribution in [0.25, 0.3) is 0 Å². The van der Waals surface area contributed by atoms with Crippen molar-refractivity contribution in [1.29, 1.82) is 0 Å². The fourth-order valence-corrected chi connectivity index (χ4v) is 2.38. The molecule has 0 unspecified atom stereocenters. The second-order valence-corrected chi connectivity index (χ2v) is 4.81. The average Bonchev–Trinajstić information content (AvgIpc) is 2.27. The molecule has 4 heteroatoms. The Balaban J connectivity index is 0.00000225. The number of rotatable bonds is 6. The van der Waals surface area contributed by atoms with Gasteiger partial charge in [0.05, 0.1) is 0 Å². The largest absolute Gasteiger partial charge is 0.381 e. The minimum atomic E-state index is 0. The van der Waals surface area contributed by atoms with Gasteiger partial charge >= 0.3 is 0 Å². The predicted octanol–water partition coefficient (Wildman–Crippen LogP) is 1.77. The van der Waals surface area contributed by atoms with Crippen molar-refractivity contribution in [2.75, 3.05) is 46.9 Å². The zero-order valence-corrected chi connectivity index (χ0v) is 11.7. The number of halogens is 1. The van der Waals surface area contributed by atoms with E-state index in [9.17, 15) is 0 Å². The van der Waals surface area contributed by atoms with Gasteiger partial charge in [0.1, 0.15) is 0 Å². The summed E-state index contributed by atoms with van der Waals surface area (Å²) in [4.78, 5) is 2.45. The first-order chi connectivity index (χ1) is 7.22. The van der Waals surface area contributed by atoms with Crippen molar-refractivity contribution in [2.45, 2.75) is 26.2 Å². The molecular weight excluding hydrogens is 224 g/mol. The van der Waals surface area contributed by atoms with Crippen LogP contribution < -0.4 is 5.32 Å². The Morgan fingerprint density at radius 2 is 1.94 bits per heavy atom. The molecule has 0 atom stereocenters. The quantitative estimate of drug-likeness (QED) is 0.778. The Hall–Kier alpha value is 0.170. The van der Waals surface area contributed by atoms with Gasteiger partial charge in [0, 0.05) is 32.8 Å². The maximum absolute atomic E-state index is 5.46. The Labute approximate surface area is 106 Å². The summed E-state index contributed by atoms with van der Waals surface area (Å²) in [6.45, 7) is 7.65. The van der Waals surface area contributed by atoms with E-state index < -0.39 is 0 Å². The highest BCUT2D eigenvalue weighted by atomic mass is 35.5. The van der Waals surface area contributed by atoms with Gasteiger partial charge in [0.25, 0.3) is 0 Å². The van der Waals surface area contributed by atoms with Crippen molar-refractivity contribution in [2.24, 2.45) is 5.41 Å². The second kappa shape index (κ2) is 8.29. The van der Waals surface area contributed by atoms with Crippen LogP contribution in [0, 0.1) is 5.41 Å². The lowest BCUT2D eigenvalue weighted by atomic mass is 9.77. The Morgan fingerprint density at radius 1 is 1.31 bits per heavy atom. The lowest BCUT2D eigenvalue weighted by Gasteiger charge is -2.39. The minimum absolute atomic E-state index is 0. The Morgan fingerprint density at radius 3 is 2.44 bits per heavy atom. The molecule has 3 nitrogen and oxygen atoms in total. The lowest BCUT2D eigenvalue weighted by Crippen LogP contribution is -2.41. The topological polar surface area (TPSA) is 24.5 Å². The molecule has 1 aliphatic heterocycles. The summed E-state index contributed by atoms with van der Waals surface area (Å²) in [6.07, 6.45) is 3.74. The highest BCUT2D eigenvalue weighted by molar-refractivity contribution is 5.85. The van der Waals surface area contributed by atoms with Gasteiger partial charge in [0.2, 0.25) is 0 Å². The van der Waals surface area contributed by atoms with Crippen molar-refractivity contribution in [3.8, 4) is 0 Å². The lowest BCUT2D eigenvalue weighted by molar-refractivity contribution is -0.00285. The van der Waals surface area contributed by atoms with E-state index in [1.165, 1.54) is 25.8 Å². The van der Waals surface area contributed by atoms with Crippen molar-refractivity contribution in [3.05, 3.63) is 0 Å². The third-order valence-electron chi connectivity index (χ3n) is 3.65. The fraction of sp³-hybridized carbons (Fsp3) is 1.00. The molecule has 1 fully saturated rings. The van der Waals surface area contributed by atoms with Gasteiger partial charge in [0.15, 0.2) is 0 Å². The van der Waals surface area contributed by atoms with Crippen molar-refractivity contribution >= 4 is 12.4 Å². The molecule has 0 amide bonds. The molecule has 1 heterocycles. The van der Waals surface area contributed by atoms with Crippen LogP contribution in [-0.4, -0.2) is 51.8 Å². The number of likely N-dealkylation sites (N-methyl/N-ethyl adjacent to an activating group) is 2. The third-order valence-corrected chi connectivity index (χ3v) is 3.65. The summed E-state index contributed by atoms with van der Waals surface area (Å²) < 4.78 is 5.46. The Kier molecular flexibility index (Phi) is 8.38. The van der Waals surface area contributed by atoms with E-state index in [-0.39, 0.29) is 12.4 Å². The number of hydrogen-bond acceptors (Lipinski definition) is 3. The summed E-state index contributed by atoms with van der Waals surface area (Å²) in [5, 5.41) is 3.20.